The van der Waals surface area contributed by atoms with Crippen molar-refractivity contribution in [1.29, 1.82) is 0 Å². The maximum Gasteiger partial charge on any atom is -0.0274 e. The molecule has 0 unspecified atom stereocenters. The Morgan fingerprint density at radius 1 is 0.923 bits per heavy atom. The van der Waals surface area contributed by atoms with Crippen LogP contribution in [0, 0.1) is 10.8 Å². The van der Waals surface area contributed by atoms with Crippen LogP contribution in [-0.4, -0.2) is 0 Å². The second-order valence-corrected chi connectivity index (χ2v) is 6.55. The van der Waals surface area contributed by atoms with Crippen molar-refractivity contribution in [1.82, 2.24) is 0 Å². The van der Waals surface area contributed by atoms with Crippen LogP contribution in [0.2, 0.25) is 0 Å². The minimum atomic E-state index is 0.398. The monoisotopic (exact) mass is 182 g/mol. The van der Waals surface area contributed by atoms with E-state index in [9.17, 15) is 0 Å². The van der Waals surface area contributed by atoms with Gasteiger partial charge in [-0.15, -0.1) is 0 Å². The van der Waals surface area contributed by atoms with Crippen LogP contribution in [0.3, 0.4) is 0 Å². The lowest BCUT2D eigenvalue weighted by Gasteiger charge is -2.23. The van der Waals surface area contributed by atoms with Gasteiger partial charge in [-0.2, -0.15) is 0 Å². The molecule has 0 bridgehead atoms. The highest BCUT2D eigenvalue weighted by molar-refractivity contribution is 4.98. The van der Waals surface area contributed by atoms with E-state index in [1.54, 1.807) is 0 Å². The number of rotatable bonds is 3. The first-order valence-corrected chi connectivity index (χ1v) is 5.27. The van der Waals surface area contributed by atoms with Crippen molar-refractivity contribution in [3.8, 4) is 0 Å². The van der Waals surface area contributed by atoms with Gasteiger partial charge in [0.25, 0.3) is 0 Å². The van der Waals surface area contributed by atoms with Crippen LogP contribution in [0.4, 0.5) is 0 Å². The molecule has 0 saturated carbocycles. The quantitative estimate of drug-likeness (QED) is 0.550. The van der Waals surface area contributed by atoms with Crippen LogP contribution in [0.1, 0.15) is 60.8 Å². The number of allylic oxidation sites excluding steroid dienone is 1. The normalized spacial score (nSPS) is 13.1. The minimum absolute atomic E-state index is 0.398. The topological polar surface area (TPSA) is 0 Å². The van der Waals surface area contributed by atoms with Crippen LogP contribution in [0.5, 0.6) is 0 Å². The molecule has 0 aliphatic carbocycles. The molecule has 0 radical (unpaired) electrons. The predicted molar refractivity (Wildman–Crippen MR) is 61.9 cm³/mol. The van der Waals surface area contributed by atoms with Gasteiger partial charge in [0.2, 0.25) is 0 Å². The van der Waals surface area contributed by atoms with Gasteiger partial charge in [0.1, 0.15) is 0 Å². The summed E-state index contributed by atoms with van der Waals surface area (Å²) in [6.07, 6.45) is 3.59. The molecule has 0 heteroatoms. The molecule has 0 nitrogen and oxygen atoms in total. The highest BCUT2D eigenvalue weighted by Crippen LogP contribution is 2.29. The lowest BCUT2D eigenvalue weighted by Crippen LogP contribution is -2.09. The van der Waals surface area contributed by atoms with Gasteiger partial charge in [-0.05, 0) is 30.1 Å². The highest BCUT2D eigenvalue weighted by Gasteiger charge is 2.14. The van der Waals surface area contributed by atoms with E-state index in [0.717, 1.165) is 6.42 Å². The molecule has 0 amide bonds. The van der Waals surface area contributed by atoms with Crippen molar-refractivity contribution in [2.24, 2.45) is 10.8 Å². The Bertz CT molecular complexity index is 161. The van der Waals surface area contributed by atoms with Crippen LogP contribution in [0.15, 0.2) is 12.2 Å². The van der Waals surface area contributed by atoms with Gasteiger partial charge in [-0.25, -0.2) is 0 Å². The molecule has 0 aliphatic rings. The molecule has 0 aromatic carbocycles. The van der Waals surface area contributed by atoms with E-state index in [-0.39, 0.29) is 0 Å². The summed E-state index contributed by atoms with van der Waals surface area (Å²) in [7, 11) is 0. The van der Waals surface area contributed by atoms with E-state index in [1.807, 2.05) is 0 Å². The minimum Gasteiger partial charge on any atom is -0.0998 e. The first kappa shape index (κ1) is 12.7. The van der Waals surface area contributed by atoms with Crippen molar-refractivity contribution in [2.45, 2.75) is 60.8 Å². The largest absolute Gasteiger partial charge is 0.0998 e. The van der Waals surface area contributed by atoms with Gasteiger partial charge < -0.3 is 0 Å². The third-order valence-electron chi connectivity index (χ3n) is 2.01. The van der Waals surface area contributed by atoms with E-state index in [1.165, 1.54) is 18.4 Å². The predicted octanol–water partition coefficient (Wildman–Crippen LogP) is 4.81. The molecule has 0 fully saturated rings. The molecule has 0 atom stereocenters. The zero-order valence-electron chi connectivity index (χ0n) is 10.3. The summed E-state index contributed by atoms with van der Waals surface area (Å²) in [5.41, 5.74) is 2.25. The van der Waals surface area contributed by atoms with Crippen LogP contribution in [-0.2, 0) is 0 Å². The molecule has 0 aromatic heterocycles. The molecule has 0 N–H and O–H groups in total. The third-order valence-corrected chi connectivity index (χ3v) is 2.01. The summed E-state index contributed by atoms with van der Waals surface area (Å²) >= 11 is 0. The fourth-order valence-corrected chi connectivity index (χ4v) is 1.39. The Kier molecular flexibility index (Phi) is 4.22. The molecular weight excluding hydrogens is 156 g/mol. The Balaban J connectivity index is 3.78. The molecule has 0 rings (SSSR count). The number of hydrogen-bond acceptors (Lipinski definition) is 0. The Morgan fingerprint density at radius 2 is 1.38 bits per heavy atom. The van der Waals surface area contributed by atoms with Crippen LogP contribution < -0.4 is 0 Å². The van der Waals surface area contributed by atoms with Gasteiger partial charge in [0.15, 0.2) is 0 Å². The Morgan fingerprint density at radius 3 is 1.69 bits per heavy atom. The second-order valence-electron chi connectivity index (χ2n) is 6.55. The fourth-order valence-electron chi connectivity index (χ4n) is 1.39. The lowest BCUT2D eigenvalue weighted by atomic mass is 9.83. The summed E-state index contributed by atoms with van der Waals surface area (Å²) in [5, 5.41) is 0. The van der Waals surface area contributed by atoms with Crippen LogP contribution in [0.25, 0.3) is 0 Å². The van der Waals surface area contributed by atoms with Gasteiger partial charge in [-0.1, -0.05) is 53.7 Å². The molecule has 0 heterocycles. The molecular formula is C13H26. The zero-order valence-corrected chi connectivity index (χ0v) is 10.3. The van der Waals surface area contributed by atoms with E-state index in [4.69, 9.17) is 0 Å². The zero-order chi connectivity index (χ0) is 10.7. The van der Waals surface area contributed by atoms with Crippen LogP contribution >= 0.6 is 0 Å². The van der Waals surface area contributed by atoms with Crippen molar-refractivity contribution in [3.05, 3.63) is 12.2 Å². The SMILES string of the molecule is C=C(CCC(C)(C)C)CC(C)(C)C. The molecule has 13 heavy (non-hydrogen) atoms. The molecule has 0 spiro atoms. The molecule has 0 saturated heterocycles. The Labute approximate surface area is 84.4 Å². The van der Waals surface area contributed by atoms with Crippen molar-refractivity contribution < 1.29 is 0 Å². The highest BCUT2D eigenvalue weighted by atomic mass is 14.2. The lowest BCUT2D eigenvalue weighted by molar-refractivity contribution is 0.358. The van der Waals surface area contributed by atoms with Crippen molar-refractivity contribution >= 4 is 0 Å². The molecule has 0 aliphatic heterocycles. The smallest absolute Gasteiger partial charge is 0.0274 e. The standard InChI is InChI=1S/C13H26/c1-11(10-13(5,6)7)8-9-12(2,3)4/h1,8-10H2,2-7H3. The van der Waals surface area contributed by atoms with Gasteiger partial charge in [-0.3, -0.25) is 0 Å². The summed E-state index contributed by atoms with van der Waals surface area (Å²) in [4.78, 5) is 0. The van der Waals surface area contributed by atoms with E-state index < -0.39 is 0 Å². The number of hydrogen-bond donors (Lipinski definition) is 0. The first-order valence-electron chi connectivity index (χ1n) is 5.27. The average molecular weight is 182 g/mol. The van der Waals surface area contributed by atoms with Crippen molar-refractivity contribution in [3.63, 3.8) is 0 Å². The maximum absolute atomic E-state index is 4.14. The summed E-state index contributed by atoms with van der Waals surface area (Å²) < 4.78 is 0. The molecule has 78 valence electrons. The van der Waals surface area contributed by atoms with Gasteiger partial charge in [0, 0.05) is 0 Å². The van der Waals surface area contributed by atoms with E-state index in [0.29, 0.717) is 10.8 Å². The van der Waals surface area contributed by atoms with Gasteiger partial charge in [0.05, 0.1) is 0 Å². The second kappa shape index (κ2) is 4.30. The Hall–Kier alpha value is -0.260. The summed E-state index contributed by atoms with van der Waals surface area (Å²) in [5.74, 6) is 0. The fraction of sp³-hybridized carbons (Fsp3) is 0.846. The van der Waals surface area contributed by atoms with Gasteiger partial charge >= 0.3 is 0 Å². The summed E-state index contributed by atoms with van der Waals surface area (Å²) in [6, 6.07) is 0. The maximum atomic E-state index is 4.14. The van der Waals surface area contributed by atoms with E-state index in [2.05, 4.69) is 48.1 Å². The summed E-state index contributed by atoms with van der Waals surface area (Å²) in [6.45, 7) is 17.8. The average Bonchev–Trinajstić information content (AvgIpc) is 1.78. The third kappa shape index (κ3) is 9.66. The van der Waals surface area contributed by atoms with Crippen molar-refractivity contribution in [2.75, 3.05) is 0 Å². The molecule has 0 aromatic rings. The first-order chi connectivity index (χ1) is 5.60. The van der Waals surface area contributed by atoms with E-state index >= 15 is 0 Å².